The van der Waals surface area contributed by atoms with Gasteiger partial charge in [-0.3, -0.25) is 0 Å². The van der Waals surface area contributed by atoms with Gasteiger partial charge in [-0.05, 0) is 203 Å². The molecular weight excluding hydrogens is 1820 g/mol. The van der Waals surface area contributed by atoms with E-state index >= 15 is 0 Å². The Bertz CT molecular complexity index is 7500. The molecule has 0 aliphatic heterocycles. The van der Waals surface area contributed by atoms with Crippen molar-refractivity contribution in [3.63, 3.8) is 0 Å². The van der Waals surface area contributed by atoms with Crippen LogP contribution in [0.15, 0.2) is 370 Å². The highest BCUT2D eigenvalue weighted by atomic mass is 16.5. The third kappa shape index (κ3) is 27.3. The number of phenolic OH excluding ortho intramolecular Hbond substituents is 5. The molecule has 0 fully saturated rings. The fourth-order valence-corrected chi connectivity index (χ4v) is 14.4. The average Bonchev–Trinajstić information content (AvgIpc) is 0.799. The van der Waals surface area contributed by atoms with E-state index in [0.717, 1.165) is 106 Å². The number of rotatable bonds is 19. The predicted octanol–water partition coefficient (Wildman–Crippen LogP) is 24.5. The zero-order valence-electron chi connectivity index (χ0n) is 78.3. The van der Waals surface area contributed by atoms with Crippen molar-refractivity contribution in [2.24, 2.45) is 0 Å². The van der Waals surface area contributed by atoms with Crippen LogP contribution >= 0.6 is 0 Å². The first kappa shape index (κ1) is 110. The van der Waals surface area contributed by atoms with Gasteiger partial charge in [0.25, 0.3) is 0 Å². The maximum Gasteiger partial charge on any atom is 0.167 e. The summed E-state index contributed by atoms with van der Waals surface area (Å²) in [5.74, 6) is 11.5. The molecule has 27 heteroatoms. The maximum absolute atomic E-state index is 10.6. The zero-order chi connectivity index (χ0) is 96.0. The molecule has 0 saturated heterocycles. The molecular formula is C118H115N15O12. The first-order valence-corrected chi connectivity index (χ1v) is 44.0. The molecule has 5 aromatic heterocycles. The molecule has 0 saturated carbocycles. The van der Waals surface area contributed by atoms with Crippen LogP contribution in [0.1, 0.15) is 57.5 Å². The normalized spacial score (nSPS) is 10.1. The molecule has 0 amide bonds. The largest absolute Gasteiger partial charge is 0.507 e. The van der Waals surface area contributed by atoms with Crippen molar-refractivity contribution in [1.29, 1.82) is 0 Å². The summed E-state index contributed by atoms with van der Waals surface area (Å²) < 4.78 is 20.9. The van der Waals surface area contributed by atoms with E-state index in [0.29, 0.717) is 115 Å². The highest BCUT2D eigenvalue weighted by Gasteiger charge is 2.23. The van der Waals surface area contributed by atoms with Crippen LogP contribution in [0, 0.1) is 34.6 Å². The van der Waals surface area contributed by atoms with Crippen LogP contribution in [0.5, 0.6) is 51.7 Å². The monoisotopic (exact) mass is 1930 g/mol. The molecule has 0 spiro atoms. The Hall–Kier alpha value is -18.6. The summed E-state index contributed by atoms with van der Waals surface area (Å²) in [6.07, 6.45) is 0. The van der Waals surface area contributed by atoms with Gasteiger partial charge >= 0.3 is 0 Å². The third-order valence-electron chi connectivity index (χ3n) is 22.0. The molecule has 0 aliphatic rings. The minimum atomic E-state index is 0. The molecule has 20 aromatic rings. The van der Waals surface area contributed by atoms with E-state index in [-0.39, 0.29) is 74.9 Å². The number of hydrogen-bond donors (Lipinski definition) is 5. The molecule has 0 unspecified atom stereocenters. The van der Waals surface area contributed by atoms with Crippen LogP contribution in [0.3, 0.4) is 0 Å². The van der Waals surface area contributed by atoms with Crippen molar-refractivity contribution in [2.75, 3.05) is 28.4 Å². The number of phenols is 5. The van der Waals surface area contributed by atoms with Crippen LogP contribution in [0.25, 0.3) is 171 Å². The minimum Gasteiger partial charge on any atom is -0.507 e. The average molecular weight is 1940 g/mol. The summed E-state index contributed by atoms with van der Waals surface area (Å²) >= 11 is 0. The number of hydrogen-bond acceptors (Lipinski definition) is 24. The summed E-state index contributed by atoms with van der Waals surface area (Å²) in [5, 5.41) is 51.7. The number of para-hydroxylation sites is 4. The smallest absolute Gasteiger partial charge is 0.167 e. The highest BCUT2D eigenvalue weighted by Crippen LogP contribution is 2.39. The highest BCUT2D eigenvalue weighted by molar-refractivity contribution is 5.77. The molecule has 0 bridgehead atoms. The number of benzene rings is 15. The van der Waals surface area contributed by atoms with Crippen molar-refractivity contribution in [3.05, 3.63) is 398 Å². The van der Waals surface area contributed by atoms with Gasteiger partial charge in [-0.25, -0.2) is 74.8 Å². The summed E-state index contributed by atoms with van der Waals surface area (Å²) in [5.41, 5.74) is 16.8. The second-order valence-corrected chi connectivity index (χ2v) is 31.6. The Labute approximate surface area is 843 Å². The van der Waals surface area contributed by atoms with Crippen molar-refractivity contribution in [3.8, 4) is 223 Å². The number of aromatic hydroxyl groups is 5. The van der Waals surface area contributed by atoms with Crippen LogP contribution in [0.4, 0.5) is 0 Å². The van der Waals surface area contributed by atoms with Crippen LogP contribution in [0.2, 0.25) is 0 Å². The van der Waals surface area contributed by atoms with Gasteiger partial charge in [0, 0.05) is 55.6 Å². The molecule has 0 radical (unpaired) electrons. The lowest BCUT2D eigenvalue weighted by Gasteiger charge is -2.10. The van der Waals surface area contributed by atoms with E-state index in [4.69, 9.17) is 23.9 Å². The SMILES string of the molecule is C.C.C.C.COc1ccc(-c2nc(-c3ccc(C)cc3)nc(-c3cccc(C)c3O)n2)cc1.COc1ccc(-c2nc(-c3ccc(C)cc3)nc(-c3ccccc3O)n2)cc1.COc1ccc(-c2nc(-c3ccccc3)nc(-c3ccc(C)cc3O)n2)cc1.COc1ccc(-c2nc(-c3ccccc3)nc(-c3ccccc3O)n2)cc1.Cc1ccccc1-c1nc(-c2ccccc2)nc(-c2ccccc2O)n1.O.O.O. The van der Waals surface area contributed by atoms with E-state index in [1.54, 1.807) is 89.1 Å². The molecule has 0 atom stereocenters. The van der Waals surface area contributed by atoms with Crippen molar-refractivity contribution in [1.82, 2.24) is 74.8 Å². The Kier molecular flexibility index (Phi) is 39.4. The molecule has 20 rings (SSSR count). The van der Waals surface area contributed by atoms with Gasteiger partial charge in [-0.1, -0.05) is 259 Å². The summed E-state index contributed by atoms with van der Waals surface area (Å²) in [4.78, 5) is 69.5. The van der Waals surface area contributed by atoms with E-state index in [2.05, 4.69) is 69.8 Å². The Morgan fingerprint density at radius 1 is 0.166 bits per heavy atom. The van der Waals surface area contributed by atoms with E-state index in [9.17, 15) is 25.5 Å². The predicted molar refractivity (Wildman–Crippen MR) is 577 cm³/mol. The first-order chi connectivity index (χ1) is 67.3. The third-order valence-corrected chi connectivity index (χ3v) is 22.0. The lowest BCUT2D eigenvalue weighted by atomic mass is 10.1. The summed E-state index contributed by atoms with van der Waals surface area (Å²) in [6.45, 7) is 9.88. The Balaban J connectivity index is 0.000000199. The van der Waals surface area contributed by atoms with Gasteiger partial charge in [0.15, 0.2) is 87.4 Å². The second kappa shape index (κ2) is 51.9. The van der Waals surface area contributed by atoms with Crippen molar-refractivity contribution in [2.45, 2.75) is 64.3 Å². The Morgan fingerprint density at radius 2 is 0.359 bits per heavy atom. The van der Waals surface area contributed by atoms with Crippen molar-refractivity contribution < 1.29 is 60.9 Å². The molecule has 11 N–H and O–H groups in total. The van der Waals surface area contributed by atoms with Gasteiger partial charge in [0.1, 0.15) is 51.7 Å². The van der Waals surface area contributed by atoms with E-state index < -0.39 is 0 Å². The number of aryl methyl sites for hydroxylation is 5. The van der Waals surface area contributed by atoms with Gasteiger partial charge < -0.3 is 60.9 Å². The molecule has 15 aromatic carbocycles. The van der Waals surface area contributed by atoms with Gasteiger partial charge in [0.05, 0.1) is 56.3 Å². The molecule has 5 heterocycles. The fraction of sp³-hybridized carbons (Fsp3) is 0.110. The number of nitrogens with zero attached hydrogens (tertiary/aromatic N) is 15. The number of methoxy groups -OCH3 is 4. The fourth-order valence-electron chi connectivity index (χ4n) is 14.4. The van der Waals surface area contributed by atoms with Crippen LogP contribution in [-0.4, -0.2) is 145 Å². The topological polar surface area (TPSA) is 426 Å². The quantitative estimate of drug-likeness (QED) is 0.0502. The lowest BCUT2D eigenvalue weighted by Crippen LogP contribution is -2.01. The zero-order valence-corrected chi connectivity index (χ0v) is 78.3. The lowest BCUT2D eigenvalue weighted by molar-refractivity contribution is 0.414. The Morgan fingerprint density at radius 3 is 0.621 bits per heavy atom. The molecule has 734 valence electrons. The maximum atomic E-state index is 10.6. The van der Waals surface area contributed by atoms with E-state index in [1.165, 1.54) is 0 Å². The summed E-state index contributed by atoms with van der Waals surface area (Å²) in [6, 6.07) is 116. The first-order valence-electron chi connectivity index (χ1n) is 44.0. The number of aromatic nitrogens is 15. The van der Waals surface area contributed by atoms with Crippen LogP contribution < -0.4 is 18.9 Å². The second-order valence-electron chi connectivity index (χ2n) is 31.6. The van der Waals surface area contributed by atoms with Crippen LogP contribution in [-0.2, 0) is 0 Å². The van der Waals surface area contributed by atoms with Gasteiger partial charge in [0.2, 0.25) is 0 Å². The van der Waals surface area contributed by atoms with E-state index in [1.807, 2.05) is 344 Å². The van der Waals surface area contributed by atoms with Gasteiger partial charge in [-0.2, -0.15) is 0 Å². The van der Waals surface area contributed by atoms with Gasteiger partial charge in [-0.15, -0.1) is 0 Å². The standard InChI is InChI=1S/C24H21N3O2.2C23H19N3O2.C22H17N3O2.C22H17N3O.4CH4.3H2O/c1-15-7-9-17(10-8-15)22-25-23(18-11-13-19(29-3)14-12-18)27-24(26-22)20-6-4-5-16(2)21(20)28;1-15-7-9-16(10-8-15)21-24-22(17-11-13-18(28-2)14-12-17)26-23(25-21)19-5-3-4-6-20(19)27;1-15-8-13-19(20(27)14-15)23-25-21(16-6-4-3-5-7-16)24-22(26-23)17-9-11-18(28-2)12-10-17;1-27-17-13-11-16(12-14-17)21-23-20(15-7-3-2-4-8-15)24-22(25-21)18-9-5-6-10-19(18)26;1-15-9-5-6-12-17(15)21-23-20(16-10-3-2-4-11-16)24-22(25-21)18-13-7-8-14-19(18)26;;;;;;;/h4-14,28H,1-3H3;2*3-14,27H,1-2H3;2-14,26H,1H3;2-14,26H,1H3;4*1H4;3*1H2. The molecule has 27 nitrogen and oxygen atoms in total. The number of ether oxygens (including phenoxy) is 4. The molecule has 0 aliphatic carbocycles. The van der Waals surface area contributed by atoms with Crippen molar-refractivity contribution >= 4 is 0 Å². The summed E-state index contributed by atoms with van der Waals surface area (Å²) in [7, 11) is 6.52. The molecule has 145 heavy (non-hydrogen) atoms. The minimum absolute atomic E-state index is 0.